The van der Waals surface area contributed by atoms with E-state index in [2.05, 4.69) is 5.10 Å². The van der Waals surface area contributed by atoms with Crippen LogP contribution < -0.4 is 5.73 Å². The van der Waals surface area contributed by atoms with E-state index < -0.39 is 11.6 Å². The Hall–Kier alpha value is -2.86. The molecule has 0 bridgehead atoms. The minimum atomic E-state index is -1.27. The Morgan fingerprint density at radius 1 is 1.24 bits per heavy atom. The van der Waals surface area contributed by atoms with E-state index in [4.69, 9.17) is 10.5 Å². The van der Waals surface area contributed by atoms with Crippen molar-refractivity contribution in [1.82, 2.24) is 9.78 Å². The second-order valence-corrected chi connectivity index (χ2v) is 6.47. The standard InChI is InChI=1S/C19H21N3O3/c1-19(2,18(23)24)25-12-16-15-9-8-14(20)10-17(15)22(21-16)11-13-6-4-3-5-7-13/h3-10H,11-12,20H2,1-2H3,(H,23,24). The topological polar surface area (TPSA) is 90.4 Å². The first-order valence-electron chi connectivity index (χ1n) is 8.03. The molecule has 0 unspecified atom stereocenters. The molecule has 6 nitrogen and oxygen atoms in total. The van der Waals surface area contributed by atoms with Gasteiger partial charge in [-0.15, -0.1) is 0 Å². The van der Waals surface area contributed by atoms with Crippen LogP contribution in [0.3, 0.4) is 0 Å². The zero-order valence-corrected chi connectivity index (χ0v) is 14.3. The van der Waals surface area contributed by atoms with Crippen molar-refractivity contribution in [3.63, 3.8) is 0 Å². The monoisotopic (exact) mass is 339 g/mol. The second-order valence-electron chi connectivity index (χ2n) is 6.47. The molecule has 1 heterocycles. The van der Waals surface area contributed by atoms with Crippen LogP contribution in [0.25, 0.3) is 10.9 Å². The van der Waals surface area contributed by atoms with Crippen LogP contribution in [0.4, 0.5) is 5.69 Å². The molecule has 0 atom stereocenters. The highest BCUT2D eigenvalue weighted by Gasteiger charge is 2.28. The number of aromatic nitrogens is 2. The molecule has 6 heteroatoms. The molecule has 0 spiro atoms. The van der Waals surface area contributed by atoms with Crippen LogP contribution in [0.15, 0.2) is 48.5 Å². The lowest BCUT2D eigenvalue weighted by Gasteiger charge is -2.19. The molecule has 3 N–H and O–H groups in total. The number of aliphatic carboxylic acids is 1. The number of nitrogens with zero attached hydrogens (tertiary/aromatic N) is 2. The molecule has 0 amide bonds. The van der Waals surface area contributed by atoms with E-state index in [0.717, 1.165) is 16.5 Å². The van der Waals surface area contributed by atoms with E-state index in [-0.39, 0.29) is 6.61 Å². The third-order valence-electron chi connectivity index (χ3n) is 4.11. The lowest BCUT2D eigenvalue weighted by Crippen LogP contribution is -2.34. The summed E-state index contributed by atoms with van der Waals surface area (Å²) in [5.74, 6) is -1.01. The SMILES string of the molecule is CC(C)(OCc1nn(Cc2ccccc2)c2cc(N)ccc12)C(=O)O. The molecule has 0 aliphatic carbocycles. The first kappa shape index (κ1) is 17.0. The minimum absolute atomic E-state index is 0.113. The van der Waals surface area contributed by atoms with Gasteiger partial charge in [0.05, 0.1) is 24.4 Å². The molecule has 130 valence electrons. The maximum Gasteiger partial charge on any atom is 0.335 e. The molecule has 0 saturated carbocycles. The van der Waals surface area contributed by atoms with E-state index in [0.29, 0.717) is 17.9 Å². The maximum atomic E-state index is 11.2. The van der Waals surface area contributed by atoms with Crippen LogP contribution in [0.5, 0.6) is 0 Å². The van der Waals surface area contributed by atoms with Crippen LogP contribution in [0.2, 0.25) is 0 Å². The molecule has 0 aliphatic heterocycles. The molecule has 0 radical (unpaired) electrons. The highest BCUT2D eigenvalue weighted by atomic mass is 16.5. The van der Waals surface area contributed by atoms with Crippen LogP contribution >= 0.6 is 0 Å². The number of rotatable bonds is 6. The van der Waals surface area contributed by atoms with Gasteiger partial charge in [0.25, 0.3) is 0 Å². The van der Waals surface area contributed by atoms with Crippen molar-refractivity contribution in [2.75, 3.05) is 5.73 Å². The number of anilines is 1. The number of benzene rings is 2. The number of carbonyl (C=O) groups is 1. The number of hydrogen-bond donors (Lipinski definition) is 2. The predicted octanol–water partition coefficient (Wildman–Crippen LogP) is 3.05. The maximum absolute atomic E-state index is 11.2. The fourth-order valence-electron chi connectivity index (χ4n) is 2.55. The summed E-state index contributed by atoms with van der Waals surface area (Å²) in [6, 6.07) is 15.6. The van der Waals surface area contributed by atoms with E-state index >= 15 is 0 Å². The van der Waals surface area contributed by atoms with Crippen LogP contribution in [0, 0.1) is 0 Å². The van der Waals surface area contributed by atoms with Gasteiger partial charge < -0.3 is 15.6 Å². The van der Waals surface area contributed by atoms with Gasteiger partial charge in [-0.3, -0.25) is 4.68 Å². The van der Waals surface area contributed by atoms with Crippen molar-refractivity contribution in [2.24, 2.45) is 0 Å². The number of nitrogens with two attached hydrogens (primary N) is 1. The van der Waals surface area contributed by atoms with Crippen molar-refractivity contribution in [3.05, 3.63) is 59.8 Å². The molecular weight excluding hydrogens is 318 g/mol. The van der Waals surface area contributed by atoms with Crippen molar-refractivity contribution in [3.8, 4) is 0 Å². The summed E-state index contributed by atoms with van der Waals surface area (Å²) in [5.41, 5.74) is 8.02. The van der Waals surface area contributed by atoms with Gasteiger partial charge in [-0.1, -0.05) is 30.3 Å². The highest BCUT2D eigenvalue weighted by molar-refractivity contribution is 5.85. The summed E-state index contributed by atoms with van der Waals surface area (Å²) in [5, 5.41) is 14.7. The van der Waals surface area contributed by atoms with Crippen LogP contribution in [0.1, 0.15) is 25.1 Å². The number of fused-ring (bicyclic) bond motifs is 1. The van der Waals surface area contributed by atoms with Crippen molar-refractivity contribution in [2.45, 2.75) is 32.6 Å². The summed E-state index contributed by atoms with van der Waals surface area (Å²) >= 11 is 0. The van der Waals surface area contributed by atoms with Gasteiger partial charge >= 0.3 is 5.97 Å². The van der Waals surface area contributed by atoms with Gasteiger partial charge in [-0.25, -0.2) is 4.79 Å². The quantitative estimate of drug-likeness (QED) is 0.674. The highest BCUT2D eigenvalue weighted by Crippen LogP contribution is 2.24. The smallest absolute Gasteiger partial charge is 0.335 e. The molecule has 0 aliphatic rings. The first-order valence-corrected chi connectivity index (χ1v) is 8.03. The zero-order chi connectivity index (χ0) is 18.0. The fourth-order valence-corrected chi connectivity index (χ4v) is 2.55. The average Bonchev–Trinajstić information content (AvgIpc) is 2.91. The molecular formula is C19H21N3O3. The van der Waals surface area contributed by atoms with Crippen molar-refractivity contribution >= 4 is 22.6 Å². The third kappa shape index (κ3) is 3.64. The van der Waals surface area contributed by atoms with Crippen molar-refractivity contribution < 1.29 is 14.6 Å². The Balaban J connectivity index is 1.95. The first-order chi connectivity index (χ1) is 11.9. The molecule has 3 aromatic rings. The van der Waals surface area contributed by atoms with E-state index in [1.165, 1.54) is 13.8 Å². The minimum Gasteiger partial charge on any atom is -0.479 e. The summed E-state index contributed by atoms with van der Waals surface area (Å²) < 4.78 is 7.44. The summed E-state index contributed by atoms with van der Waals surface area (Å²) in [6.07, 6.45) is 0. The van der Waals surface area contributed by atoms with Crippen LogP contribution in [-0.4, -0.2) is 26.5 Å². The number of hydrogen-bond acceptors (Lipinski definition) is 4. The lowest BCUT2D eigenvalue weighted by atomic mass is 10.1. The van der Waals surface area contributed by atoms with Gasteiger partial charge in [-0.2, -0.15) is 5.10 Å². The second kappa shape index (κ2) is 6.57. The van der Waals surface area contributed by atoms with Gasteiger partial charge in [-0.05, 0) is 37.6 Å². The summed E-state index contributed by atoms with van der Waals surface area (Å²) in [4.78, 5) is 11.2. The predicted molar refractivity (Wildman–Crippen MR) is 96.2 cm³/mol. The summed E-state index contributed by atoms with van der Waals surface area (Å²) in [6.45, 7) is 3.76. The molecule has 25 heavy (non-hydrogen) atoms. The number of carboxylic acids is 1. The molecule has 2 aromatic carbocycles. The average molecular weight is 339 g/mol. The number of carboxylic acid groups (broad SMARTS) is 1. The normalized spacial score (nSPS) is 11.8. The third-order valence-corrected chi connectivity index (χ3v) is 4.11. The Kier molecular flexibility index (Phi) is 4.46. The fraction of sp³-hybridized carbons (Fsp3) is 0.263. The van der Waals surface area contributed by atoms with E-state index in [1.54, 1.807) is 0 Å². The number of ether oxygens (including phenoxy) is 1. The Labute approximate surface area is 145 Å². The van der Waals surface area contributed by atoms with Gasteiger partial charge in [0.2, 0.25) is 0 Å². The van der Waals surface area contributed by atoms with Gasteiger partial charge in [0.1, 0.15) is 0 Å². The lowest BCUT2D eigenvalue weighted by molar-refractivity contribution is -0.162. The molecule has 3 rings (SSSR count). The Morgan fingerprint density at radius 2 is 1.96 bits per heavy atom. The molecule has 0 saturated heterocycles. The van der Waals surface area contributed by atoms with E-state index in [1.807, 2.05) is 53.2 Å². The number of nitrogen functional groups attached to an aromatic ring is 1. The molecule has 1 aromatic heterocycles. The van der Waals surface area contributed by atoms with Crippen molar-refractivity contribution in [1.29, 1.82) is 0 Å². The van der Waals surface area contributed by atoms with E-state index in [9.17, 15) is 9.90 Å². The van der Waals surface area contributed by atoms with Gasteiger partial charge in [0.15, 0.2) is 5.60 Å². The van der Waals surface area contributed by atoms with Crippen LogP contribution in [-0.2, 0) is 22.7 Å². The molecule has 0 fully saturated rings. The largest absolute Gasteiger partial charge is 0.479 e. The summed E-state index contributed by atoms with van der Waals surface area (Å²) in [7, 11) is 0. The van der Waals surface area contributed by atoms with Gasteiger partial charge in [0, 0.05) is 11.1 Å². The zero-order valence-electron chi connectivity index (χ0n) is 14.3. The Bertz CT molecular complexity index is 901. The Morgan fingerprint density at radius 3 is 2.64 bits per heavy atom.